The average Bonchev–Trinajstić information content (AvgIpc) is 2.66. The smallest absolute Gasteiger partial charge is 0.338 e. The number of hydrogen-bond acceptors (Lipinski definition) is 3. The Labute approximate surface area is 146 Å². The van der Waals surface area contributed by atoms with Gasteiger partial charge in [-0.15, -0.1) is 0 Å². The van der Waals surface area contributed by atoms with Gasteiger partial charge in [-0.05, 0) is 35.4 Å². The zero-order chi connectivity index (χ0) is 17.8. The minimum atomic E-state index is -0.524. The number of nitrogens with one attached hydrogen (secondary N) is 1. The first-order valence-corrected chi connectivity index (χ1v) is 8.07. The van der Waals surface area contributed by atoms with E-state index in [0.717, 1.165) is 16.3 Å². The molecule has 1 atom stereocenters. The molecular formula is C21H19NO3. The van der Waals surface area contributed by atoms with E-state index >= 15 is 0 Å². The van der Waals surface area contributed by atoms with Crippen LogP contribution in [0.3, 0.4) is 0 Å². The van der Waals surface area contributed by atoms with Crippen molar-refractivity contribution >= 4 is 22.6 Å². The van der Waals surface area contributed by atoms with Crippen molar-refractivity contribution < 1.29 is 14.3 Å². The lowest BCUT2D eigenvalue weighted by atomic mass is 9.99. The zero-order valence-corrected chi connectivity index (χ0v) is 14.2. The highest BCUT2D eigenvalue weighted by atomic mass is 16.5. The molecule has 4 nitrogen and oxygen atoms in total. The first kappa shape index (κ1) is 16.7. The molecule has 25 heavy (non-hydrogen) atoms. The molecule has 3 rings (SSSR count). The molecule has 4 heteroatoms. The molecule has 0 aliphatic rings. The molecule has 1 amide bonds. The molecule has 0 fully saturated rings. The standard InChI is InChI=1S/C21H19NO3/c1-14(16-13-7-9-15-8-3-4-10-17(15)16)22-20(23)18-11-5-6-12-19(18)21(24)25-2/h3-14H,1-2H3,(H,22,23). The highest BCUT2D eigenvalue weighted by molar-refractivity contribution is 6.05. The fourth-order valence-corrected chi connectivity index (χ4v) is 2.95. The Morgan fingerprint density at radius 2 is 1.52 bits per heavy atom. The Hall–Kier alpha value is -3.14. The summed E-state index contributed by atoms with van der Waals surface area (Å²) in [6, 6.07) is 20.5. The Balaban J connectivity index is 1.90. The second-order valence-electron chi connectivity index (χ2n) is 5.80. The maximum absolute atomic E-state index is 12.7. The maximum atomic E-state index is 12.7. The van der Waals surface area contributed by atoms with E-state index in [1.54, 1.807) is 24.3 Å². The summed E-state index contributed by atoms with van der Waals surface area (Å²) >= 11 is 0. The highest BCUT2D eigenvalue weighted by Gasteiger charge is 2.19. The van der Waals surface area contributed by atoms with E-state index in [1.807, 2.05) is 49.4 Å². The van der Waals surface area contributed by atoms with Gasteiger partial charge in [0.15, 0.2) is 0 Å². The summed E-state index contributed by atoms with van der Waals surface area (Å²) in [5.41, 5.74) is 1.59. The molecule has 0 heterocycles. The van der Waals surface area contributed by atoms with Gasteiger partial charge in [-0.2, -0.15) is 0 Å². The van der Waals surface area contributed by atoms with Crippen LogP contribution in [0.25, 0.3) is 10.8 Å². The van der Waals surface area contributed by atoms with Crippen LogP contribution in [0.5, 0.6) is 0 Å². The van der Waals surface area contributed by atoms with E-state index in [4.69, 9.17) is 4.74 Å². The van der Waals surface area contributed by atoms with Crippen LogP contribution in [0.1, 0.15) is 39.2 Å². The fourth-order valence-electron chi connectivity index (χ4n) is 2.95. The number of carbonyl (C=O) groups excluding carboxylic acids is 2. The molecule has 0 saturated carbocycles. The van der Waals surface area contributed by atoms with Gasteiger partial charge in [0, 0.05) is 0 Å². The van der Waals surface area contributed by atoms with E-state index in [-0.39, 0.29) is 17.5 Å². The minimum absolute atomic E-state index is 0.204. The Morgan fingerprint density at radius 1 is 0.880 bits per heavy atom. The monoisotopic (exact) mass is 333 g/mol. The van der Waals surface area contributed by atoms with Crippen molar-refractivity contribution in [1.82, 2.24) is 5.32 Å². The molecule has 0 aromatic heterocycles. The van der Waals surface area contributed by atoms with Crippen LogP contribution in [-0.4, -0.2) is 19.0 Å². The van der Waals surface area contributed by atoms with Gasteiger partial charge >= 0.3 is 5.97 Å². The van der Waals surface area contributed by atoms with Crippen LogP contribution in [0, 0.1) is 0 Å². The van der Waals surface area contributed by atoms with Gasteiger partial charge in [0.25, 0.3) is 5.91 Å². The van der Waals surface area contributed by atoms with Crippen molar-refractivity contribution in [3.8, 4) is 0 Å². The molecule has 0 radical (unpaired) electrons. The number of ether oxygens (including phenoxy) is 1. The van der Waals surface area contributed by atoms with E-state index < -0.39 is 5.97 Å². The molecule has 0 spiro atoms. The summed E-state index contributed by atoms with van der Waals surface area (Å²) in [4.78, 5) is 24.6. The topological polar surface area (TPSA) is 55.4 Å². The number of benzene rings is 3. The normalized spacial score (nSPS) is 11.8. The van der Waals surface area contributed by atoms with Gasteiger partial charge in [0.05, 0.1) is 24.3 Å². The fraction of sp³-hybridized carbons (Fsp3) is 0.143. The van der Waals surface area contributed by atoms with E-state index in [9.17, 15) is 9.59 Å². The average molecular weight is 333 g/mol. The first-order valence-electron chi connectivity index (χ1n) is 8.07. The van der Waals surface area contributed by atoms with Crippen LogP contribution in [0.4, 0.5) is 0 Å². The molecule has 0 bridgehead atoms. The van der Waals surface area contributed by atoms with E-state index in [0.29, 0.717) is 5.56 Å². The number of rotatable bonds is 4. The molecule has 126 valence electrons. The zero-order valence-electron chi connectivity index (χ0n) is 14.2. The van der Waals surface area contributed by atoms with E-state index in [1.165, 1.54) is 7.11 Å². The number of methoxy groups -OCH3 is 1. The summed E-state index contributed by atoms with van der Waals surface area (Å²) in [6.45, 7) is 1.93. The SMILES string of the molecule is COC(=O)c1ccccc1C(=O)NC(C)c1cccc2ccccc12. The van der Waals surface area contributed by atoms with Gasteiger partial charge in [-0.1, -0.05) is 54.6 Å². The van der Waals surface area contributed by atoms with Gasteiger partial charge < -0.3 is 10.1 Å². The number of hydrogen-bond donors (Lipinski definition) is 1. The minimum Gasteiger partial charge on any atom is -0.465 e. The number of carbonyl (C=O) groups is 2. The Morgan fingerprint density at radius 3 is 2.28 bits per heavy atom. The lowest BCUT2D eigenvalue weighted by molar-refractivity contribution is 0.0596. The number of amides is 1. The lowest BCUT2D eigenvalue weighted by Gasteiger charge is -2.17. The molecule has 0 aliphatic heterocycles. The van der Waals surface area contributed by atoms with Gasteiger partial charge in [-0.3, -0.25) is 4.79 Å². The molecule has 0 aliphatic carbocycles. The van der Waals surface area contributed by atoms with Gasteiger partial charge in [0.2, 0.25) is 0 Å². The predicted octanol–water partition coefficient (Wildman–Crippen LogP) is 4.12. The summed E-state index contributed by atoms with van der Waals surface area (Å²) in [5, 5.41) is 5.19. The van der Waals surface area contributed by atoms with Crippen molar-refractivity contribution in [2.45, 2.75) is 13.0 Å². The molecule has 0 saturated heterocycles. The largest absolute Gasteiger partial charge is 0.465 e. The Kier molecular flexibility index (Phi) is 4.80. The lowest BCUT2D eigenvalue weighted by Crippen LogP contribution is -2.28. The number of fused-ring (bicyclic) bond motifs is 1. The second-order valence-corrected chi connectivity index (χ2v) is 5.80. The Bertz CT molecular complexity index is 928. The molecule has 1 N–H and O–H groups in total. The highest BCUT2D eigenvalue weighted by Crippen LogP contribution is 2.24. The summed E-state index contributed by atoms with van der Waals surface area (Å²) < 4.78 is 4.76. The maximum Gasteiger partial charge on any atom is 0.338 e. The first-order chi connectivity index (χ1) is 12.1. The quantitative estimate of drug-likeness (QED) is 0.731. The van der Waals surface area contributed by atoms with Crippen LogP contribution in [0.15, 0.2) is 66.7 Å². The molecule has 3 aromatic rings. The molecule has 3 aromatic carbocycles. The van der Waals surface area contributed by atoms with Crippen molar-refractivity contribution in [3.05, 3.63) is 83.4 Å². The van der Waals surface area contributed by atoms with Crippen molar-refractivity contribution in [2.24, 2.45) is 0 Å². The summed E-state index contributed by atoms with van der Waals surface area (Å²) in [7, 11) is 1.30. The van der Waals surface area contributed by atoms with Crippen LogP contribution in [-0.2, 0) is 4.74 Å². The second kappa shape index (κ2) is 7.18. The van der Waals surface area contributed by atoms with Crippen LogP contribution in [0.2, 0.25) is 0 Å². The third-order valence-corrected chi connectivity index (χ3v) is 4.21. The van der Waals surface area contributed by atoms with Crippen LogP contribution >= 0.6 is 0 Å². The summed E-state index contributed by atoms with van der Waals surface area (Å²) in [6.07, 6.45) is 0. The predicted molar refractivity (Wildman–Crippen MR) is 97.6 cm³/mol. The van der Waals surface area contributed by atoms with Crippen molar-refractivity contribution in [2.75, 3.05) is 7.11 Å². The third kappa shape index (κ3) is 3.38. The molecule has 1 unspecified atom stereocenters. The van der Waals surface area contributed by atoms with E-state index in [2.05, 4.69) is 5.32 Å². The third-order valence-electron chi connectivity index (χ3n) is 4.21. The van der Waals surface area contributed by atoms with Crippen LogP contribution < -0.4 is 5.32 Å². The number of esters is 1. The van der Waals surface area contributed by atoms with Gasteiger partial charge in [-0.25, -0.2) is 4.79 Å². The van der Waals surface area contributed by atoms with Gasteiger partial charge in [0.1, 0.15) is 0 Å². The summed E-state index contributed by atoms with van der Waals surface area (Å²) in [5.74, 6) is -0.829. The molecular weight excluding hydrogens is 314 g/mol. The van der Waals surface area contributed by atoms with Crippen molar-refractivity contribution in [1.29, 1.82) is 0 Å². The van der Waals surface area contributed by atoms with Crippen molar-refractivity contribution in [3.63, 3.8) is 0 Å².